The molecule has 1 aliphatic rings. The van der Waals surface area contributed by atoms with Gasteiger partial charge in [-0.1, -0.05) is 0 Å². The summed E-state index contributed by atoms with van der Waals surface area (Å²) >= 11 is 1.61. The lowest BCUT2D eigenvalue weighted by atomic mass is 10.1. The van der Waals surface area contributed by atoms with Crippen LogP contribution in [0.1, 0.15) is 21.1 Å². The number of ether oxygens (including phenoxy) is 2. The number of thiazole rings is 1. The summed E-state index contributed by atoms with van der Waals surface area (Å²) in [6.45, 7) is 5.44. The number of aryl methyl sites for hydroxylation is 1. The number of methoxy groups -OCH3 is 1. The maximum absolute atomic E-state index is 12.9. The van der Waals surface area contributed by atoms with Crippen molar-refractivity contribution < 1.29 is 14.3 Å². The minimum absolute atomic E-state index is 0.0612. The highest BCUT2D eigenvalue weighted by atomic mass is 32.1. The minimum atomic E-state index is 0.0612. The molecule has 1 amide bonds. The quantitative estimate of drug-likeness (QED) is 0.600. The average molecular weight is 424 g/mol. The van der Waals surface area contributed by atoms with E-state index in [1.54, 1.807) is 18.4 Å². The van der Waals surface area contributed by atoms with Crippen molar-refractivity contribution in [2.75, 3.05) is 38.2 Å². The van der Waals surface area contributed by atoms with Gasteiger partial charge in [0.2, 0.25) is 0 Å². The molecule has 3 aromatic rings. The molecular formula is C23H25N3O3S. The van der Waals surface area contributed by atoms with E-state index in [0.717, 1.165) is 41.0 Å². The molecule has 0 spiro atoms. The molecule has 1 fully saturated rings. The summed E-state index contributed by atoms with van der Waals surface area (Å²) in [4.78, 5) is 21.5. The minimum Gasteiger partial charge on any atom is -0.497 e. The summed E-state index contributed by atoms with van der Waals surface area (Å²) in [5.74, 6) is 1.65. The zero-order valence-electron chi connectivity index (χ0n) is 17.2. The van der Waals surface area contributed by atoms with Crippen LogP contribution in [0.4, 0.5) is 5.69 Å². The van der Waals surface area contributed by atoms with Gasteiger partial charge in [0.25, 0.3) is 5.91 Å². The maximum Gasteiger partial charge on any atom is 0.253 e. The van der Waals surface area contributed by atoms with E-state index in [1.165, 1.54) is 0 Å². The molecule has 2 heterocycles. The monoisotopic (exact) mass is 423 g/mol. The summed E-state index contributed by atoms with van der Waals surface area (Å²) in [5.41, 5.74) is 2.76. The van der Waals surface area contributed by atoms with Gasteiger partial charge < -0.3 is 19.3 Å². The van der Waals surface area contributed by atoms with Crippen LogP contribution >= 0.6 is 11.3 Å². The molecule has 0 unspecified atom stereocenters. The first-order chi connectivity index (χ1) is 14.6. The molecule has 1 aliphatic heterocycles. The number of piperazine rings is 1. The number of hydrogen-bond donors (Lipinski definition) is 0. The van der Waals surface area contributed by atoms with Gasteiger partial charge in [-0.05, 0) is 55.5 Å². The van der Waals surface area contributed by atoms with Gasteiger partial charge in [-0.2, -0.15) is 0 Å². The van der Waals surface area contributed by atoms with Crippen LogP contribution in [0.2, 0.25) is 0 Å². The Kier molecular flexibility index (Phi) is 6.18. The standard InChI is InChI=1S/C23H25N3O3S/c1-17-24-19(16-30-17)15-29-22-7-3-18(4-8-22)23(27)26-13-11-25(12-14-26)20-5-9-21(28-2)10-6-20/h3-10,16H,11-15H2,1-2H3. The van der Waals surface area contributed by atoms with Crippen molar-refractivity contribution in [2.24, 2.45) is 0 Å². The highest BCUT2D eigenvalue weighted by Crippen LogP contribution is 2.22. The van der Waals surface area contributed by atoms with Gasteiger partial charge in [0.1, 0.15) is 18.1 Å². The summed E-state index contributed by atoms with van der Waals surface area (Å²) in [6, 6.07) is 15.4. The van der Waals surface area contributed by atoms with Crippen LogP contribution in [0.5, 0.6) is 11.5 Å². The summed E-state index contributed by atoms with van der Waals surface area (Å²) in [6.07, 6.45) is 0. The lowest BCUT2D eigenvalue weighted by molar-refractivity contribution is 0.0746. The molecule has 0 atom stereocenters. The van der Waals surface area contributed by atoms with E-state index in [9.17, 15) is 4.79 Å². The third-order valence-corrected chi connectivity index (χ3v) is 5.98. The van der Waals surface area contributed by atoms with E-state index in [1.807, 2.05) is 53.6 Å². The Bertz CT molecular complexity index is 978. The first-order valence-corrected chi connectivity index (χ1v) is 10.8. The zero-order chi connectivity index (χ0) is 20.9. The fourth-order valence-electron chi connectivity index (χ4n) is 3.47. The van der Waals surface area contributed by atoms with Crippen molar-refractivity contribution in [1.29, 1.82) is 0 Å². The molecular weight excluding hydrogens is 398 g/mol. The first-order valence-electron chi connectivity index (χ1n) is 9.94. The Labute approximate surface area is 180 Å². The largest absolute Gasteiger partial charge is 0.497 e. The van der Waals surface area contributed by atoms with E-state index in [-0.39, 0.29) is 5.91 Å². The smallest absolute Gasteiger partial charge is 0.253 e. The number of rotatable bonds is 6. The SMILES string of the molecule is COc1ccc(N2CCN(C(=O)c3ccc(OCc4csc(C)n4)cc3)CC2)cc1. The van der Waals surface area contributed by atoms with E-state index in [4.69, 9.17) is 9.47 Å². The van der Waals surface area contributed by atoms with Crippen molar-refractivity contribution in [3.8, 4) is 11.5 Å². The normalized spacial score (nSPS) is 13.9. The van der Waals surface area contributed by atoms with Gasteiger partial charge >= 0.3 is 0 Å². The molecule has 4 rings (SSSR count). The average Bonchev–Trinajstić information content (AvgIpc) is 3.23. The van der Waals surface area contributed by atoms with Crippen LogP contribution in [0.3, 0.4) is 0 Å². The number of hydrogen-bond acceptors (Lipinski definition) is 6. The first kappa shape index (κ1) is 20.2. The second-order valence-corrected chi connectivity index (χ2v) is 8.21. The van der Waals surface area contributed by atoms with Crippen molar-refractivity contribution in [2.45, 2.75) is 13.5 Å². The predicted molar refractivity (Wildman–Crippen MR) is 119 cm³/mol. The number of benzene rings is 2. The fourth-order valence-corrected chi connectivity index (χ4v) is 4.07. The Morgan fingerprint density at radius 1 is 1.00 bits per heavy atom. The van der Waals surface area contributed by atoms with Crippen molar-refractivity contribution in [1.82, 2.24) is 9.88 Å². The van der Waals surface area contributed by atoms with E-state index in [2.05, 4.69) is 22.0 Å². The molecule has 2 aromatic carbocycles. The fraction of sp³-hybridized carbons (Fsp3) is 0.304. The number of aromatic nitrogens is 1. The van der Waals surface area contributed by atoms with Gasteiger partial charge in [-0.25, -0.2) is 4.98 Å². The molecule has 0 aliphatic carbocycles. The van der Waals surface area contributed by atoms with E-state index >= 15 is 0 Å². The highest BCUT2D eigenvalue weighted by molar-refractivity contribution is 7.09. The molecule has 0 bridgehead atoms. The van der Waals surface area contributed by atoms with Crippen LogP contribution < -0.4 is 14.4 Å². The number of nitrogens with zero attached hydrogens (tertiary/aromatic N) is 3. The Morgan fingerprint density at radius 3 is 2.27 bits per heavy atom. The highest BCUT2D eigenvalue weighted by Gasteiger charge is 2.22. The number of anilines is 1. The topological polar surface area (TPSA) is 54.9 Å². The molecule has 1 aromatic heterocycles. The molecule has 0 N–H and O–H groups in total. The molecule has 0 saturated carbocycles. The molecule has 30 heavy (non-hydrogen) atoms. The molecule has 0 radical (unpaired) electrons. The van der Waals surface area contributed by atoms with Gasteiger partial charge in [0, 0.05) is 42.8 Å². The zero-order valence-corrected chi connectivity index (χ0v) is 18.0. The second-order valence-electron chi connectivity index (χ2n) is 7.15. The Balaban J connectivity index is 1.30. The van der Waals surface area contributed by atoms with Crippen molar-refractivity contribution >= 4 is 22.9 Å². The van der Waals surface area contributed by atoms with Gasteiger partial charge in [0.15, 0.2) is 0 Å². The third-order valence-electron chi connectivity index (χ3n) is 5.16. The number of carbonyl (C=O) groups excluding carboxylic acids is 1. The maximum atomic E-state index is 12.9. The summed E-state index contributed by atoms with van der Waals surface area (Å²) < 4.78 is 11.0. The van der Waals surface area contributed by atoms with Crippen molar-refractivity contribution in [3.05, 3.63) is 70.2 Å². The molecule has 7 heteroatoms. The Morgan fingerprint density at radius 2 is 1.67 bits per heavy atom. The molecule has 1 saturated heterocycles. The predicted octanol–water partition coefficient (Wildman–Crippen LogP) is 4.00. The number of carbonyl (C=O) groups is 1. The lowest BCUT2D eigenvalue weighted by Crippen LogP contribution is -2.48. The van der Waals surface area contributed by atoms with Crippen LogP contribution in [-0.4, -0.2) is 49.1 Å². The summed E-state index contributed by atoms with van der Waals surface area (Å²) in [7, 11) is 1.67. The van der Waals surface area contributed by atoms with Crippen LogP contribution in [0.25, 0.3) is 0 Å². The number of amides is 1. The van der Waals surface area contributed by atoms with Crippen molar-refractivity contribution in [3.63, 3.8) is 0 Å². The lowest BCUT2D eigenvalue weighted by Gasteiger charge is -2.36. The van der Waals surface area contributed by atoms with E-state index < -0.39 is 0 Å². The molecule has 6 nitrogen and oxygen atoms in total. The summed E-state index contributed by atoms with van der Waals surface area (Å²) in [5, 5.41) is 3.03. The Hall–Kier alpha value is -3.06. The molecule has 156 valence electrons. The van der Waals surface area contributed by atoms with Crippen LogP contribution in [0.15, 0.2) is 53.9 Å². The van der Waals surface area contributed by atoms with Crippen LogP contribution in [-0.2, 0) is 6.61 Å². The van der Waals surface area contributed by atoms with Gasteiger partial charge in [0.05, 0.1) is 17.8 Å². The van der Waals surface area contributed by atoms with E-state index in [0.29, 0.717) is 25.3 Å². The van der Waals surface area contributed by atoms with Crippen LogP contribution in [0, 0.1) is 6.92 Å². The second kappa shape index (κ2) is 9.17. The van der Waals surface area contributed by atoms with Gasteiger partial charge in [-0.3, -0.25) is 4.79 Å². The van der Waals surface area contributed by atoms with Gasteiger partial charge in [-0.15, -0.1) is 11.3 Å². The third kappa shape index (κ3) is 4.74.